The van der Waals surface area contributed by atoms with Gasteiger partial charge in [0.25, 0.3) is 0 Å². The molecule has 1 N–H and O–H groups in total. The third kappa shape index (κ3) is 1.81. The second-order valence-corrected chi connectivity index (χ2v) is 4.88. The van der Waals surface area contributed by atoms with E-state index in [1.165, 1.54) is 0 Å². The van der Waals surface area contributed by atoms with Gasteiger partial charge in [0, 0.05) is 29.1 Å². The predicted octanol–water partition coefficient (Wildman–Crippen LogP) is 2.42. The number of benzene rings is 1. The van der Waals surface area contributed by atoms with Crippen LogP contribution in [0.2, 0.25) is 0 Å². The average Bonchev–Trinajstić information content (AvgIpc) is 2.83. The Balaban J connectivity index is 2.06. The van der Waals surface area contributed by atoms with E-state index in [0.29, 0.717) is 0 Å². The quantitative estimate of drug-likeness (QED) is 0.820. The SMILES string of the molecule is CC1NCCC1C(=O)c1cccc2cccnc12. The molecule has 18 heavy (non-hydrogen) atoms. The lowest BCUT2D eigenvalue weighted by atomic mass is 9.91. The Kier molecular flexibility index (Phi) is 2.84. The number of rotatable bonds is 2. The summed E-state index contributed by atoms with van der Waals surface area (Å²) in [6, 6.07) is 9.98. The number of hydrogen-bond acceptors (Lipinski definition) is 3. The lowest BCUT2D eigenvalue weighted by molar-refractivity contribution is 0.0915. The largest absolute Gasteiger partial charge is 0.313 e. The van der Waals surface area contributed by atoms with Crippen LogP contribution in [0.1, 0.15) is 23.7 Å². The van der Waals surface area contributed by atoms with Crippen LogP contribution < -0.4 is 5.32 Å². The highest BCUT2D eigenvalue weighted by atomic mass is 16.1. The first-order valence-electron chi connectivity index (χ1n) is 6.39. The van der Waals surface area contributed by atoms with Gasteiger partial charge in [-0.3, -0.25) is 9.78 Å². The highest BCUT2D eigenvalue weighted by molar-refractivity contribution is 6.08. The molecule has 2 atom stereocenters. The summed E-state index contributed by atoms with van der Waals surface area (Å²) in [4.78, 5) is 16.9. The minimum absolute atomic E-state index is 0.0811. The van der Waals surface area contributed by atoms with Crippen molar-refractivity contribution in [3.63, 3.8) is 0 Å². The van der Waals surface area contributed by atoms with E-state index in [0.717, 1.165) is 29.4 Å². The fourth-order valence-corrected chi connectivity index (χ4v) is 2.72. The molecule has 1 aliphatic rings. The van der Waals surface area contributed by atoms with E-state index < -0.39 is 0 Å². The highest BCUT2D eigenvalue weighted by Crippen LogP contribution is 2.24. The molecule has 2 heterocycles. The zero-order chi connectivity index (χ0) is 12.5. The number of Topliss-reactive ketones (excluding diaryl/α,β-unsaturated/α-hetero) is 1. The first-order valence-corrected chi connectivity index (χ1v) is 6.39. The van der Waals surface area contributed by atoms with E-state index in [1.807, 2.05) is 30.3 Å². The van der Waals surface area contributed by atoms with Crippen LogP contribution in [0, 0.1) is 5.92 Å². The Morgan fingerprint density at radius 2 is 2.17 bits per heavy atom. The minimum atomic E-state index is 0.0811. The summed E-state index contributed by atoms with van der Waals surface area (Å²) in [7, 11) is 0. The second-order valence-electron chi connectivity index (χ2n) is 4.88. The van der Waals surface area contributed by atoms with E-state index in [1.54, 1.807) is 6.20 Å². The number of carbonyl (C=O) groups is 1. The molecular weight excluding hydrogens is 224 g/mol. The predicted molar refractivity (Wildman–Crippen MR) is 71.6 cm³/mol. The van der Waals surface area contributed by atoms with Crippen molar-refractivity contribution in [3.05, 3.63) is 42.1 Å². The van der Waals surface area contributed by atoms with Crippen LogP contribution in [-0.4, -0.2) is 23.4 Å². The number of hydrogen-bond donors (Lipinski definition) is 1. The Bertz CT molecular complexity index is 589. The maximum absolute atomic E-state index is 12.6. The van der Waals surface area contributed by atoms with Crippen LogP contribution in [0.15, 0.2) is 36.5 Å². The second kappa shape index (κ2) is 4.50. The number of nitrogens with zero attached hydrogens (tertiary/aromatic N) is 1. The van der Waals surface area contributed by atoms with Gasteiger partial charge >= 0.3 is 0 Å². The molecule has 1 fully saturated rings. The van der Waals surface area contributed by atoms with Gasteiger partial charge < -0.3 is 5.32 Å². The molecule has 1 aliphatic heterocycles. The highest BCUT2D eigenvalue weighted by Gasteiger charge is 2.30. The van der Waals surface area contributed by atoms with Gasteiger partial charge in [-0.2, -0.15) is 0 Å². The first kappa shape index (κ1) is 11.4. The standard InChI is InChI=1S/C15H16N2O/c1-10-12(7-9-16-10)15(18)13-6-2-4-11-5-3-8-17-14(11)13/h2-6,8,10,12,16H,7,9H2,1H3. The van der Waals surface area contributed by atoms with Crippen molar-refractivity contribution < 1.29 is 4.79 Å². The van der Waals surface area contributed by atoms with Gasteiger partial charge in [-0.25, -0.2) is 0 Å². The van der Waals surface area contributed by atoms with Gasteiger partial charge in [-0.15, -0.1) is 0 Å². The van der Waals surface area contributed by atoms with Crippen LogP contribution >= 0.6 is 0 Å². The van der Waals surface area contributed by atoms with E-state index in [9.17, 15) is 4.79 Å². The van der Waals surface area contributed by atoms with Crippen LogP contribution in [0.5, 0.6) is 0 Å². The lowest BCUT2D eigenvalue weighted by Crippen LogP contribution is -2.28. The van der Waals surface area contributed by atoms with E-state index >= 15 is 0 Å². The number of carbonyl (C=O) groups excluding carboxylic acids is 1. The van der Waals surface area contributed by atoms with Crippen LogP contribution in [0.4, 0.5) is 0 Å². The van der Waals surface area contributed by atoms with Crippen molar-refractivity contribution >= 4 is 16.7 Å². The molecule has 0 amide bonds. The monoisotopic (exact) mass is 240 g/mol. The van der Waals surface area contributed by atoms with Gasteiger partial charge in [-0.05, 0) is 32.0 Å². The number of fused-ring (bicyclic) bond motifs is 1. The summed E-state index contributed by atoms with van der Waals surface area (Å²) in [5.41, 5.74) is 1.58. The van der Waals surface area contributed by atoms with E-state index in [2.05, 4.69) is 17.2 Å². The molecule has 1 aromatic carbocycles. The number of aromatic nitrogens is 1. The Hall–Kier alpha value is -1.74. The van der Waals surface area contributed by atoms with Crippen LogP contribution in [-0.2, 0) is 0 Å². The lowest BCUT2D eigenvalue weighted by Gasteiger charge is -2.14. The maximum Gasteiger partial charge on any atom is 0.169 e. The molecule has 92 valence electrons. The Morgan fingerprint density at radius 1 is 1.33 bits per heavy atom. The van der Waals surface area contributed by atoms with Crippen molar-refractivity contribution in [2.75, 3.05) is 6.54 Å². The number of para-hydroxylation sites is 1. The summed E-state index contributed by atoms with van der Waals surface area (Å²) < 4.78 is 0. The normalized spacial score (nSPS) is 23.4. The molecule has 0 aliphatic carbocycles. The summed E-state index contributed by atoms with van der Waals surface area (Å²) in [5, 5.41) is 4.36. The molecule has 3 nitrogen and oxygen atoms in total. The fourth-order valence-electron chi connectivity index (χ4n) is 2.72. The number of ketones is 1. The van der Waals surface area contributed by atoms with Crippen molar-refractivity contribution in [3.8, 4) is 0 Å². The number of pyridine rings is 1. The summed E-state index contributed by atoms with van der Waals surface area (Å²) >= 11 is 0. The molecule has 0 radical (unpaired) electrons. The molecule has 0 bridgehead atoms. The van der Waals surface area contributed by atoms with Gasteiger partial charge in [0.2, 0.25) is 0 Å². The topological polar surface area (TPSA) is 42.0 Å². The maximum atomic E-state index is 12.6. The summed E-state index contributed by atoms with van der Waals surface area (Å²) in [5.74, 6) is 0.300. The first-order chi connectivity index (χ1) is 8.77. The smallest absolute Gasteiger partial charge is 0.169 e. The van der Waals surface area contributed by atoms with Gasteiger partial charge in [0.1, 0.15) is 0 Å². The third-order valence-electron chi connectivity index (χ3n) is 3.76. The summed E-state index contributed by atoms with van der Waals surface area (Å²) in [6.07, 6.45) is 2.67. The molecule has 3 heteroatoms. The van der Waals surface area contributed by atoms with Crippen molar-refractivity contribution in [2.24, 2.45) is 5.92 Å². The van der Waals surface area contributed by atoms with Gasteiger partial charge in [-0.1, -0.05) is 18.2 Å². The zero-order valence-corrected chi connectivity index (χ0v) is 10.4. The molecular formula is C15H16N2O. The van der Waals surface area contributed by atoms with Crippen molar-refractivity contribution in [2.45, 2.75) is 19.4 Å². The van der Waals surface area contributed by atoms with Crippen molar-refractivity contribution in [1.82, 2.24) is 10.3 Å². The fraction of sp³-hybridized carbons (Fsp3) is 0.333. The molecule has 1 saturated heterocycles. The van der Waals surface area contributed by atoms with E-state index in [4.69, 9.17) is 0 Å². The molecule has 3 rings (SSSR count). The number of nitrogens with one attached hydrogen (secondary N) is 1. The zero-order valence-electron chi connectivity index (χ0n) is 10.4. The van der Waals surface area contributed by atoms with Crippen molar-refractivity contribution in [1.29, 1.82) is 0 Å². The summed E-state index contributed by atoms with van der Waals surface area (Å²) in [6.45, 7) is 3.00. The minimum Gasteiger partial charge on any atom is -0.313 e. The molecule has 2 unspecified atom stereocenters. The van der Waals surface area contributed by atoms with Gasteiger partial charge in [0.05, 0.1) is 5.52 Å². The molecule has 2 aromatic rings. The molecule has 1 aromatic heterocycles. The van der Waals surface area contributed by atoms with Crippen LogP contribution in [0.3, 0.4) is 0 Å². The van der Waals surface area contributed by atoms with Crippen LogP contribution in [0.25, 0.3) is 10.9 Å². The van der Waals surface area contributed by atoms with E-state index in [-0.39, 0.29) is 17.7 Å². The third-order valence-corrected chi connectivity index (χ3v) is 3.76. The Morgan fingerprint density at radius 3 is 2.94 bits per heavy atom. The Labute approximate surface area is 106 Å². The average molecular weight is 240 g/mol. The molecule has 0 spiro atoms. The van der Waals surface area contributed by atoms with Gasteiger partial charge in [0.15, 0.2) is 5.78 Å². The molecule has 0 saturated carbocycles.